The Balaban J connectivity index is 1.65. The summed E-state index contributed by atoms with van der Waals surface area (Å²) in [4.78, 5) is 18.9. The van der Waals surface area contributed by atoms with Crippen molar-refractivity contribution >= 4 is 39.4 Å². The molecular weight excluding hydrogens is 322 g/mol. The fraction of sp³-hybridized carbons (Fsp3) is 0.444. The number of carboxylic acids is 1. The van der Waals surface area contributed by atoms with Crippen molar-refractivity contribution in [3.63, 3.8) is 0 Å². The summed E-state index contributed by atoms with van der Waals surface area (Å²) in [6.45, 7) is 2.11. The average molecular weight is 343 g/mol. The van der Waals surface area contributed by atoms with Crippen molar-refractivity contribution in [3.8, 4) is 0 Å². The van der Waals surface area contributed by atoms with E-state index < -0.39 is 5.97 Å². The zero-order valence-electron chi connectivity index (χ0n) is 13.6. The van der Waals surface area contributed by atoms with Gasteiger partial charge in [-0.1, -0.05) is 0 Å². The largest absolute Gasteiger partial charge is 0.481 e. The van der Waals surface area contributed by atoms with Crippen LogP contribution in [0, 0.1) is 6.92 Å². The van der Waals surface area contributed by atoms with Gasteiger partial charge < -0.3 is 15.4 Å². The number of aromatic amines is 1. The molecule has 0 saturated heterocycles. The number of aromatic nitrogens is 1. The summed E-state index contributed by atoms with van der Waals surface area (Å²) < 4.78 is 0. The number of rotatable bonds is 5. The van der Waals surface area contributed by atoms with E-state index in [0.29, 0.717) is 6.04 Å². The van der Waals surface area contributed by atoms with E-state index in [1.807, 2.05) is 0 Å². The Hall–Kier alpha value is -1.95. The summed E-state index contributed by atoms with van der Waals surface area (Å²) >= 11 is 1.64. The van der Waals surface area contributed by atoms with E-state index in [0.717, 1.165) is 27.7 Å². The van der Waals surface area contributed by atoms with E-state index in [2.05, 4.69) is 40.4 Å². The third kappa shape index (κ3) is 3.02. The topological polar surface area (TPSA) is 77.5 Å². The monoisotopic (exact) mass is 343 g/mol. The molecule has 1 aliphatic heterocycles. The molecule has 1 fully saturated rings. The maximum Gasteiger partial charge on any atom is 0.305 e. The number of anilines is 1. The minimum atomic E-state index is -0.787. The number of nitrogens with one attached hydrogen (secondary N) is 2. The molecule has 2 aromatic rings. The van der Waals surface area contributed by atoms with E-state index >= 15 is 0 Å². The van der Waals surface area contributed by atoms with Gasteiger partial charge in [-0.25, -0.2) is 0 Å². The van der Waals surface area contributed by atoms with Crippen molar-refractivity contribution in [1.82, 2.24) is 4.98 Å². The first-order valence-electron chi connectivity index (χ1n) is 8.41. The fourth-order valence-corrected chi connectivity index (χ4v) is 4.30. The predicted octanol–water partition coefficient (Wildman–Crippen LogP) is 3.78. The number of carbonyl (C=O) groups is 1. The number of thioether (sulfide) groups is 1. The van der Waals surface area contributed by atoms with Crippen LogP contribution >= 0.6 is 11.8 Å². The molecule has 1 aliphatic carbocycles. The minimum absolute atomic E-state index is 0.102. The van der Waals surface area contributed by atoms with Crippen LogP contribution in [0.2, 0.25) is 0 Å². The van der Waals surface area contributed by atoms with E-state index in [1.165, 1.54) is 30.2 Å². The molecule has 0 bridgehead atoms. The van der Waals surface area contributed by atoms with Gasteiger partial charge in [0.1, 0.15) is 5.04 Å². The van der Waals surface area contributed by atoms with Gasteiger partial charge in [-0.05, 0) is 49.9 Å². The first-order valence-corrected chi connectivity index (χ1v) is 9.40. The van der Waals surface area contributed by atoms with Crippen LogP contribution in [0.5, 0.6) is 0 Å². The van der Waals surface area contributed by atoms with Crippen LogP contribution < -0.4 is 5.32 Å². The van der Waals surface area contributed by atoms with Gasteiger partial charge >= 0.3 is 5.97 Å². The first-order chi connectivity index (χ1) is 11.6. The van der Waals surface area contributed by atoms with Crippen LogP contribution in [0.1, 0.15) is 36.9 Å². The number of nitrogens with zero attached hydrogens (tertiary/aromatic N) is 1. The van der Waals surface area contributed by atoms with Crippen LogP contribution in [-0.4, -0.2) is 38.9 Å². The number of aliphatic imine (C=N–C) groups is 1. The summed E-state index contributed by atoms with van der Waals surface area (Å²) in [6.07, 6.45) is 3.89. The van der Waals surface area contributed by atoms with Crippen molar-refractivity contribution in [2.24, 2.45) is 4.99 Å². The van der Waals surface area contributed by atoms with E-state index in [1.54, 1.807) is 11.8 Å². The van der Waals surface area contributed by atoms with Crippen molar-refractivity contribution in [2.75, 3.05) is 11.1 Å². The molecule has 2 aliphatic rings. The van der Waals surface area contributed by atoms with Crippen LogP contribution in [0.4, 0.5) is 5.69 Å². The Kier molecular flexibility index (Phi) is 4.00. The van der Waals surface area contributed by atoms with Crippen LogP contribution in [0.15, 0.2) is 23.2 Å². The lowest BCUT2D eigenvalue weighted by molar-refractivity contribution is -0.137. The molecule has 1 aromatic carbocycles. The van der Waals surface area contributed by atoms with Crippen molar-refractivity contribution < 1.29 is 9.90 Å². The van der Waals surface area contributed by atoms with Crippen LogP contribution in [-0.2, 0) is 4.79 Å². The molecule has 126 valence electrons. The predicted molar refractivity (Wildman–Crippen MR) is 99.3 cm³/mol. The Labute approximate surface area is 144 Å². The summed E-state index contributed by atoms with van der Waals surface area (Å²) in [5.41, 5.74) is 4.50. The molecule has 1 aromatic heterocycles. The number of aryl methyl sites for hydroxylation is 1. The first kappa shape index (κ1) is 15.6. The number of fused-ring (bicyclic) bond motifs is 1. The maximum absolute atomic E-state index is 10.9. The number of hydrogen-bond donors (Lipinski definition) is 3. The van der Waals surface area contributed by atoms with Gasteiger partial charge in [0.15, 0.2) is 0 Å². The number of carboxylic acid groups (broad SMARTS) is 1. The molecule has 4 rings (SSSR count). The third-order valence-corrected chi connectivity index (χ3v) is 5.84. The maximum atomic E-state index is 10.9. The lowest BCUT2D eigenvalue weighted by Gasteiger charge is -2.28. The molecule has 0 radical (unpaired) electrons. The zero-order chi connectivity index (χ0) is 16.7. The molecule has 1 unspecified atom stereocenters. The summed E-state index contributed by atoms with van der Waals surface area (Å²) in [5, 5.41) is 14.7. The number of H-pyrrole nitrogens is 1. The summed E-state index contributed by atoms with van der Waals surface area (Å²) in [7, 11) is 0. The Bertz CT molecular complexity index is 823. The molecule has 1 atom stereocenters. The highest BCUT2D eigenvalue weighted by atomic mass is 32.2. The standard InChI is InChI=1S/C18H21N3O2S/c1-10-5-11-7-15(18-20-13(9-24-18)8-16(22)23)21-17(11)14(6-10)19-12-3-2-4-12/h5-7,12-13,19,21H,2-4,8-9H2,1H3,(H,22,23). The molecule has 0 amide bonds. The molecule has 24 heavy (non-hydrogen) atoms. The minimum Gasteiger partial charge on any atom is -0.481 e. The van der Waals surface area contributed by atoms with Gasteiger partial charge in [-0.3, -0.25) is 9.79 Å². The quantitative estimate of drug-likeness (QED) is 0.772. The second kappa shape index (κ2) is 6.16. The van der Waals surface area contributed by atoms with Crippen molar-refractivity contribution in [1.29, 1.82) is 0 Å². The summed E-state index contributed by atoms with van der Waals surface area (Å²) in [5.74, 6) is -0.0479. The summed E-state index contributed by atoms with van der Waals surface area (Å²) in [6, 6.07) is 6.96. The average Bonchev–Trinajstić information content (AvgIpc) is 3.08. The van der Waals surface area contributed by atoms with E-state index in [4.69, 9.17) is 5.11 Å². The second-order valence-corrected chi connectivity index (χ2v) is 7.74. The Morgan fingerprint density at radius 2 is 2.25 bits per heavy atom. The fourth-order valence-electron chi connectivity index (χ4n) is 3.26. The van der Waals surface area contributed by atoms with Crippen LogP contribution in [0.3, 0.4) is 0 Å². The zero-order valence-corrected chi connectivity index (χ0v) is 14.4. The van der Waals surface area contributed by atoms with Gasteiger partial charge in [0.05, 0.1) is 29.4 Å². The smallest absolute Gasteiger partial charge is 0.305 e. The van der Waals surface area contributed by atoms with Gasteiger partial charge in [-0.2, -0.15) is 0 Å². The van der Waals surface area contributed by atoms with Crippen LogP contribution in [0.25, 0.3) is 10.9 Å². The Morgan fingerprint density at radius 1 is 1.42 bits per heavy atom. The lowest BCUT2D eigenvalue weighted by Crippen LogP contribution is -2.27. The van der Waals surface area contributed by atoms with Crippen molar-refractivity contribution in [3.05, 3.63) is 29.5 Å². The molecule has 5 nitrogen and oxygen atoms in total. The second-order valence-electron chi connectivity index (χ2n) is 6.73. The van der Waals surface area contributed by atoms with Gasteiger partial charge in [0, 0.05) is 17.2 Å². The van der Waals surface area contributed by atoms with Gasteiger partial charge in [-0.15, -0.1) is 11.8 Å². The number of benzene rings is 1. The molecule has 1 saturated carbocycles. The lowest BCUT2D eigenvalue weighted by atomic mass is 9.93. The normalized spacial score (nSPS) is 20.9. The third-order valence-electron chi connectivity index (χ3n) is 4.69. The van der Waals surface area contributed by atoms with Gasteiger partial charge in [0.2, 0.25) is 0 Å². The number of hydrogen-bond acceptors (Lipinski definition) is 4. The molecule has 2 heterocycles. The molecule has 6 heteroatoms. The highest BCUT2D eigenvalue weighted by Gasteiger charge is 2.24. The highest BCUT2D eigenvalue weighted by molar-refractivity contribution is 8.14. The van der Waals surface area contributed by atoms with Crippen molar-refractivity contribution in [2.45, 2.75) is 44.7 Å². The highest BCUT2D eigenvalue weighted by Crippen LogP contribution is 2.32. The number of aliphatic carboxylic acids is 1. The SMILES string of the molecule is Cc1cc(NC2CCC2)c2[nH]c(C3=NC(CC(=O)O)CS3)cc2c1. The van der Waals surface area contributed by atoms with E-state index in [-0.39, 0.29) is 12.5 Å². The molecule has 3 N–H and O–H groups in total. The Morgan fingerprint density at radius 3 is 2.96 bits per heavy atom. The van der Waals surface area contributed by atoms with Gasteiger partial charge in [0.25, 0.3) is 0 Å². The van der Waals surface area contributed by atoms with E-state index in [9.17, 15) is 4.79 Å². The molecule has 0 spiro atoms. The molecular formula is C18H21N3O2S.